The minimum atomic E-state index is 0.401. The van der Waals surface area contributed by atoms with E-state index in [0.29, 0.717) is 11.6 Å². The predicted molar refractivity (Wildman–Crippen MR) is 64.2 cm³/mol. The van der Waals surface area contributed by atoms with Crippen molar-refractivity contribution in [1.82, 2.24) is 9.78 Å². The molecule has 0 atom stereocenters. The van der Waals surface area contributed by atoms with Gasteiger partial charge in [-0.05, 0) is 28.1 Å². The lowest BCUT2D eigenvalue weighted by atomic mass is 10.3. The summed E-state index contributed by atoms with van der Waals surface area (Å²) in [6.45, 7) is 0.401. The fourth-order valence-corrected chi connectivity index (χ4v) is 1.95. The van der Waals surface area contributed by atoms with Gasteiger partial charge in [-0.15, -0.1) is 0 Å². The van der Waals surface area contributed by atoms with Crippen molar-refractivity contribution in [2.75, 3.05) is 0 Å². The van der Waals surface area contributed by atoms with E-state index in [2.05, 4.69) is 21.0 Å². The Kier molecular flexibility index (Phi) is 3.09. The molecule has 78 valence electrons. The molecule has 0 amide bonds. The van der Waals surface area contributed by atoms with Crippen LogP contribution in [0, 0.1) is 0 Å². The third-order valence-corrected chi connectivity index (χ3v) is 3.01. The van der Waals surface area contributed by atoms with Gasteiger partial charge in [-0.2, -0.15) is 5.10 Å². The number of aromatic nitrogens is 2. The van der Waals surface area contributed by atoms with Crippen LogP contribution in [0.3, 0.4) is 0 Å². The number of para-hydroxylation sites is 1. The summed E-state index contributed by atoms with van der Waals surface area (Å²) in [6, 6.07) is 7.53. The monoisotopic (exact) mass is 285 g/mol. The Labute approximate surface area is 101 Å². The average Bonchev–Trinajstić information content (AvgIpc) is 2.60. The fraction of sp³-hybridized carbons (Fsp3) is 0.100. The predicted octanol–water partition coefficient (Wildman–Crippen LogP) is 2.75. The summed E-state index contributed by atoms with van der Waals surface area (Å²) in [7, 11) is 0. The van der Waals surface area contributed by atoms with E-state index in [9.17, 15) is 0 Å². The van der Waals surface area contributed by atoms with Crippen molar-refractivity contribution in [2.24, 2.45) is 5.73 Å². The largest absolute Gasteiger partial charge is 0.325 e. The van der Waals surface area contributed by atoms with E-state index in [1.165, 1.54) is 0 Å². The van der Waals surface area contributed by atoms with Crippen molar-refractivity contribution in [1.29, 1.82) is 0 Å². The molecule has 0 bridgehead atoms. The first kappa shape index (κ1) is 10.7. The maximum atomic E-state index is 6.06. The number of nitrogens with two attached hydrogens (primary N) is 1. The van der Waals surface area contributed by atoms with Crippen LogP contribution in [0.2, 0.25) is 5.02 Å². The number of benzene rings is 1. The van der Waals surface area contributed by atoms with Crippen LogP contribution in [0.25, 0.3) is 5.69 Å². The van der Waals surface area contributed by atoms with E-state index in [4.69, 9.17) is 17.3 Å². The van der Waals surface area contributed by atoms with Crippen molar-refractivity contribution in [3.63, 3.8) is 0 Å². The highest BCUT2D eigenvalue weighted by molar-refractivity contribution is 9.10. The minimum Gasteiger partial charge on any atom is -0.325 e. The van der Waals surface area contributed by atoms with Crippen LogP contribution in [-0.2, 0) is 6.54 Å². The second kappa shape index (κ2) is 4.35. The van der Waals surface area contributed by atoms with Crippen molar-refractivity contribution in [3.05, 3.63) is 45.7 Å². The van der Waals surface area contributed by atoms with Crippen molar-refractivity contribution >= 4 is 27.5 Å². The molecule has 1 aromatic heterocycles. The molecular weight excluding hydrogens is 277 g/mol. The van der Waals surface area contributed by atoms with Crippen LogP contribution in [-0.4, -0.2) is 9.78 Å². The molecule has 0 saturated carbocycles. The van der Waals surface area contributed by atoms with E-state index < -0.39 is 0 Å². The third kappa shape index (κ3) is 2.07. The van der Waals surface area contributed by atoms with Gasteiger partial charge in [0.1, 0.15) is 0 Å². The van der Waals surface area contributed by atoms with Gasteiger partial charge in [-0.1, -0.05) is 23.7 Å². The lowest BCUT2D eigenvalue weighted by molar-refractivity contribution is 0.833. The highest BCUT2D eigenvalue weighted by atomic mass is 79.9. The molecule has 0 fully saturated rings. The Morgan fingerprint density at radius 3 is 2.73 bits per heavy atom. The standard InChI is InChI=1S/C10H9BrClN3/c11-7-6-15(14-9(7)5-13)10-4-2-1-3-8(10)12/h1-4,6H,5,13H2. The topological polar surface area (TPSA) is 43.8 Å². The summed E-state index contributed by atoms with van der Waals surface area (Å²) in [5.74, 6) is 0. The number of halogens is 2. The van der Waals surface area contributed by atoms with Gasteiger partial charge in [-0.3, -0.25) is 0 Å². The molecule has 2 rings (SSSR count). The van der Waals surface area contributed by atoms with Crippen LogP contribution >= 0.6 is 27.5 Å². The summed E-state index contributed by atoms with van der Waals surface area (Å²) in [4.78, 5) is 0. The quantitative estimate of drug-likeness (QED) is 0.922. The van der Waals surface area contributed by atoms with Gasteiger partial charge in [0.15, 0.2) is 0 Å². The Hall–Kier alpha value is -0.840. The number of rotatable bonds is 2. The molecule has 1 heterocycles. The molecule has 0 spiro atoms. The number of nitrogens with zero attached hydrogens (tertiary/aromatic N) is 2. The number of hydrogen-bond donors (Lipinski definition) is 1. The molecule has 5 heteroatoms. The first-order valence-corrected chi connectivity index (χ1v) is 5.58. The Morgan fingerprint density at radius 1 is 1.40 bits per heavy atom. The molecule has 15 heavy (non-hydrogen) atoms. The summed E-state index contributed by atoms with van der Waals surface area (Å²) in [5, 5.41) is 4.98. The molecule has 0 aliphatic heterocycles. The van der Waals surface area contributed by atoms with Crippen LogP contribution in [0.1, 0.15) is 5.69 Å². The maximum Gasteiger partial charge on any atom is 0.0906 e. The molecule has 1 aromatic carbocycles. The third-order valence-electron chi connectivity index (χ3n) is 2.03. The zero-order chi connectivity index (χ0) is 10.8. The van der Waals surface area contributed by atoms with Crippen LogP contribution in [0.5, 0.6) is 0 Å². The molecule has 3 nitrogen and oxygen atoms in total. The van der Waals surface area contributed by atoms with Crippen LogP contribution in [0.15, 0.2) is 34.9 Å². The second-order valence-corrected chi connectivity index (χ2v) is 4.29. The Balaban J connectivity index is 2.50. The summed E-state index contributed by atoms with van der Waals surface area (Å²) < 4.78 is 2.61. The van der Waals surface area contributed by atoms with Gasteiger partial charge < -0.3 is 5.73 Å². The van der Waals surface area contributed by atoms with Gasteiger partial charge in [0.2, 0.25) is 0 Å². The Morgan fingerprint density at radius 2 is 2.13 bits per heavy atom. The van der Waals surface area contributed by atoms with E-state index in [0.717, 1.165) is 15.9 Å². The van der Waals surface area contributed by atoms with Crippen molar-refractivity contribution in [3.8, 4) is 5.69 Å². The molecule has 0 radical (unpaired) electrons. The number of hydrogen-bond acceptors (Lipinski definition) is 2. The van der Waals surface area contributed by atoms with Gasteiger partial charge in [0.25, 0.3) is 0 Å². The molecular formula is C10H9BrClN3. The van der Waals surface area contributed by atoms with E-state index >= 15 is 0 Å². The summed E-state index contributed by atoms with van der Waals surface area (Å²) in [6.07, 6.45) is 1.85. The van der Waals surface area contributed by atoms with Gasteiger partial charge >= 0.3 is 0 Å². The second-order valence-electron chi connectivity index (χ2n) is 3.02. The molecule has 0 aliphatic rings. The SMILES string of the molecule is NCc1nn(-c2ccccc2Cl)cc1Br. The lowest BCUT2D eigenvalue weighted by Gasteiger charge is -2.02. The van der Waals surface area contributed by atoms with E-state index in [-0.39, 0.29) is 0 Å². The summed E-state index contributed by atoms with van der Waals surface area (Å²) >= 11 is 9.45. The maximum absolute atomic E-state index is 6.06. The van der Waals surface area contributed by atoms with Crippen LogP contribution in [0.4, 0.5) is 0 Å². The molecule has 2 aromatic rings. The van der Waals surface area contributed by atoms with Gasteiger partial charge in [0, 0.05) is 12.7 Å². The fourth-order valence-electron chi connectivity index (χ4n) is 1.29. The van der Waals surface area contributed by atoms with E-state index in [1.807, 2.05) is 30.5 Å². The first-order chi connectivity index (χ1) is 7.22. The average molecular weight is 287 g/mol. The lowest BCUT2D eigenvalue weighted by Crippen LogP contribution is -2.00. The molecule has 0 unspecified atom stereocenters. The van der Waals surface area contributed by atoms with Crippen LogP contribution < -0.4 is 5.73 Å². The Bertz CT molecular complexity index is 481. The molecule has 0 aliphatic carbocycles. The smallest absolute Gasteiger partial charge is 0.0906 e. The van der Waals surface area contributed by atoms with Crippen molar-refractivity contribution < 1.29 is 0 Å². The highest BCUT2D eigenvalue weighted by Gasteiger charge is 2.07. The first-order valence-electron chi connectivity index (χ1n) is 4.41. The van der Waals surface area contributed by atoms with Gasteiger partial charge in [-0.25, -0.2) is 4.68 Å². The zero-order valence-electron chi connectivity index (χ0n) is 7.82. The van der Waals surface area contributed by atoms with Crippen molar-refractivity contribution in [2.45, 2.75) is 6.54 Å². The summed E-state index contributed by atoms with van der Waals surface area (Å²) in [5.41, 5.74) is 7.20. The minimum absolute atomic E-state index is 0.401. The molecule has 0 saturated heterocycles. The zero-order valence-corrected chi connectivity index (χ0v) is 10.2. The highest BCUT2D eigenvalue weighted by Crippen LogP contribution is 2.22. The van der Waals surface area contributed by atoms with E-state index in [1.54, 1.807) is 4.68 Å². The molecule has 2 N–H and O–H groups in total. The van der Waals surface area contributed by atoms with Gasteiger partial charge in [0.05, 0.1) is 20.9 Å². The normalized spacial score (nSPS) is 10.6.